The van der Waals surface area contributed by atoms with E-state index in [0.29, 0.717) is 5.69 Å². The predicted octanol–water partition coefficient (Wildman–Crippen LogP) is 1.37. The second-order valence-electron chi connectivity index (χ2n) is 7.63. The van der Waals surface area contributed by atoms with Crippen molar-refractivity contribution < 1.29 is 24.2 Å². The van der Waals surface area contributed by atoms with Gasteiger partial charge in [-0.05, 0) is 32.4 Å². The molecule has 140 valence electrons. The van der Waals surface area contributed by atoms with Crippen LogP contribution in [0.4, 0.5) is 16.2 Å². The highest BCUT2D eigenvalue weighted by atomic mass is 16.6. The third-order valence-electron chi connectivity index (χ3n) is 4.44. The average Bonchev–Trinajstić information content (AvgIpc) is 2.86. The quantitative estimate of drug-likeness (QED) is 0.825. The number of alkyl carbamates (subject to hydrolysis) is 1. The Bertz CT molecular complexity index is 771. The first-order valence-electron chi connectivity index (χ1n) is 8.47. The van der Waals surface area contributed by atoms with Crippen molar-refractivity contribution in [3.05, 3.63) is 23.8 Å². The maximum Gasteiger partial charge on any atom is 0.408 e. The van der Waals surface area contributed by atoms with Gasteiger partial charge in [0.2, 0.25) is 0 Å². The van der Waals surface area contributed by atoms with E-state index < -0.39 is 35.7 Å². The van der Waals surface area contributed by atoms with Crippen LogP contribution in [-0.2, 0) is 20.7 Å². The molecule has 2 N–H and O–H groups in total. The minimum Gasteiger partial charge on any atom is -0.480 e. The highest BCUT2D eigenvalue weighted by Crippen LogP contribution is 2.42. The second kappa shape index (κ2) is 6.19. The van der Waals surface area contributed by atoms with Crippen LogP contribution in [0.3, 0.4) is 0 Å². The van der Waals surface area contributed by atoms with E-state index in [-0.39, 0.29) is 13.0 Å². The van der Waals surface area contributed by atoms with E-state index in [9.17, 15) is 19.5 Å². The van der Waals surface area contributed by atoms with E-state index in [2.05, 4.69) is 5.32 Å². The topological polar surface area (TPSA) is 99.2 Å². The molecule has 2 aliphatic heterocycles. The van der Waals surface area contributed by atoms with Gasteiger partial charge in [-0.3, -0.25) is 9.69 Å². The van der Waals surface area contributed by atoms with Crippen molar-refractivity contribution in [3.8, 4) is 0 Å². The van der Waals surface area contributed by atoms with Crippen molar-refractivity contribution in [3.63, 3.8) is 0 Å². The lowest BCUT2D eigenvalue weighted by molar-refractivity contribution is -0.140. The van der Waals surface area contributed by atoms with Crippen LogP contribution in [0.1, 0.15) is 26.3 Å². The van der Waals surface area contributed by atoms with Gasteiger partial charge in [0.15, 0.2) is 0 Å². The van der Waals surface area contributed by atoms with Crippen LogP contribution < -0.4 is 15.1 Å². The Labute approximate surface area is 151 Å². The lowest BCUT2D eigenvalue weighted by atomic mass is 10.1. The smallest absolute Gasteiger partial charge is 0.408 e. The number of benzene rings is 1. The molecule has 1 aromatic rings. The molecule has 0 bridgehead atoms. The van der Waals surface area contributed by atoms with Gasteiger partial charge in [0.1, 0.15) is 17.7 Å². The van der Waals surface area contributed by atoms with Gasteiger partial charge in [-0.1, -0.05) is 12.1 Å². The summed E-state index contributed by atoms with van der Waals surface area (Å²) in [5.41, 5.74) is 1.50. The first kappa shape index (κ1) is 18.0. The number of likely N-dealkylation sites (N-methyl/N-ethyl adjacent to an activating group) is 1. The zero-order valence-electron chi connectivity index (χ0n) is 15.3. The highest BCUT2D eigenvalue weighted by molar-refractivity contribution is 6.09. The molecule has 8 heteroatoms. The van der Waals surface area contributed by atoms with Gasteiger partial charge < -0.3 is 20.1 Å². The minimum atomic E-state index is -1.07. The number of rotatable bonds is 2. The van der Waals surface area contributed by atoms with Crippen molar-refractivity contribution in [1.29, 1.82) is 0 Å². The summed E-state index contributed by atoms with van der Waals surface area (Å²) in [6, 6.07) is 3.64. The molecule has 2 atom stereocenters. The summed E-state index contributed by atoms with van der Waals surface area (Å²) in [6.07, 6.45) is -0.460. The van der Waals surface area contributed by atoms with Gasteiger partial charge >= 0.3 is 12.1 Å². The molecule has 0 unspecified atom stereocenters. The number of carboxylic acid groups (broad SMARTS) is 1. The zero-order valence-corrected chi connectivity index (χ0v) is 15.3. The molecule has 0 aliphatic carbocycles. The van der Waals surface area contributed by atoms with Crippen molar-refractivity contribution in [2.75, 3.05) is 23.4 Å². The van der Waals surface area contributed by atoms with Crippen molar-refractivity contribution in [2.45, 2.75) is 44.9 Å². The number of hydrogen-bond acceptors (Lipinski definition) is 5. The van der Waals surface area contributed by atoms with Crippen LogP contribution >= 0.6 is 0 Å². The number of anilines is 2. The summed E-state index contributed by atoms with van der Waals surface area (Å²) < 4.78 is 5.24. The van der Waals surface area contributed by atoms with Gasteiger partial charge in [0, 0.05) is 20.0 Å². The molecule has 8 nitrogen and oxygen atoms in total. The number of nitrogens with one attached hydrogen (secondary N) is 1. The van der Waals surface area contributed by atoms with E-state index in [1.54, 1.807) is 20.8 Å². The standard InChI is InChI=1S/C18H23N3O5/c1-18(2,3)26-17(25)19-11-9-20(4)12-7-5-6-10-8-13(16(23)24)21(14(10)12)15(11)22/h5-7,11,13H,8-9H2,1-4H3,(H,19,25)(H,23,24)/t11-,13-/m0/s1. The van der Waals surface area contributed by atoms with Crippen LogP contribution in [0.25, 0.3) is 0 Å². The Morgan fingerprint density at radius 3 is 2.62 bits per heavy atom. The molecule has 3 rings (SSSR count). The molecule has 0 radical (unpaired) electrons. The summed E-state index contributed by atoms with van der Waals surface area (Å²) in [6.45, 7) is 5.42. The van der Waals surface area contributed by atoms with Gasteiger partial charge in [-0.2, -0.15) is 0 Å². The molecule has 2 heterocycles. The molecule has 0 spiro atoms. The third-order valence-corrected chi connectivity index (χ3v) is 4.44. The van der Waals surface area contributed by atoms with E-state index in [1.807, 2.05) is 30.1 Å². The molecule has 0 saturated heterocycles. The Morgan fingerprint density at radius 1 is 1.31 bits per heavy atom. The SMILES string of the molecule is CN1C[C@H](NC(=O)OC(C)(C)C)C(=O)N2c3c(cccc31)C[C@H]2C(=O)O. The molecule has 0 fully saturated rings. The van der Waals surface area contributed by atoms with Gasteiger partial charge in [0.25, 0.3) is 5.91 Å². The number of carbonyl (C=O) groups is 3. The molecule has 0 saturated carbocycles. The average molecular weight is 361 g/mol. The monoisotopic (exact) mass is 361 g/mol. The Morgan fingerprint density at radius 2 is 2.00 bits per heavy atom. The fourth-order valence-electron chi connectivity index (χ4n) is 3.42. The number of aliphatic carboxylic acids is 1. The Balaban J connectivity index is 1.95. The number of carboxylic acids is 1. The van der Waals surface area contributed by atoms with Crippen LogP contribution in [0.5, 0.6) is 0 Å². The lowest BCUT2D eigenvalue weighted by Crippen LogP contribution is -2.55. The second-order valence-corrected chi connectivity index (χ2v) is 7.63. The predicted molar refractivity (Wildman–Crippen MR) is 95.5 cm³/mol. The zero-order chi connectivity index (χ0) is 19.2. The fourth-order valence-corrected chi connectivity index (χ4v) is 3.42. The van der Waals surface area contributed by atoms with Crippen molar-refractivity contribution in [2.24, 2.45) is 0 Å². The van der Waals surface area contributed by atoms with E-state index in [0.717, 1.165) is 11.3 Å². The summed E-state index contributed by atoms with van der Waals surface area (Å²) in [5, 5.41) is 12.2. The van der Waals surface area contributed by atoms with Crippen molar-refractivity contribution >= 4 is 29.3 Å². The summed E-state index contributed by atoms with van der Waals surface area (Å²) >= 11 is 0. The Hall–Kier alpha value is -2.77. The number of para-hydroxylation sites is 1. The van der Waals surface area contributed by atoms with Crippen LogP contribution in [0.15, 0.2) is 18.2 Å². The molecule has 2 aliphatic rings. The summed E-state index contributed by atoms with van der Waals surface area (Å²) in [5.74, 6) is -1.51. The maximum atomic E-state index is 13.1. The van der Waals surface area contributed by atoms with Crippen molar-refractivity contribution in [1.82, 2.24) is 5.32 Å². The van der Waals surface area contributed by atoms with E-state index in [4.69, 9.17) is 4.74 Å². The molecule has 26 heavy (non-hydrogen) atoms. The first-order chi connectivity index (χ1) is 12.1. The number of nitrogens with zero attached hydrogens (tertiary/aromatic N) is 2. The fraction of sp³-hybridized carbons (Fsp3) is 0.500. The number of hydrogen-bond donors (Lipinski definition) is 2. The third kappa shape index (κ3) is 3.18. The van der Waals surface area contributed by atoms with Crippen LogP contribution in [-0.4, -0.2) is 54.4 Å². The minimum absolute atomic E-state index is 0.220. The van der Waals surface area contributed by atoms with Gasteiger partial charge in [0.05, 0.1) is 11.4 Å². The first-order valence-corrected chi connectivity index (χ1v) is 8.47. The normalized spacial score (nSPS) is 21.9. The number of carbonyl (C=O) groups excluding carboxylic acids is 2. The Kier molecular flexibility index (Phi) is 4.29. The molecular formula is C18H23N3O5. The molecule has 2 amide bonds. The molecular weight excluding hydrogens is 338 g/mol. The van der Waals surface area contributed by atoms with E-state index >= 15 is 0 Å². The summed E-state index contributed by atoms with van der Waals surface area (Å²) in [7, 11) is 1.81. The largest absolute Gasteiger partial charge is 0.480 e. The lowest BCUT2D eigenvalue weighted by Gasteiger charge is -2.27. The van der Waals surface area contributed by atoms with E-state index in [1.165, 1.54) is 4.90 Å². The highest BCUT2D eigenvalue weighted by Gasteiger charge is 2.45. The van der Waals surface area contributed by atoms with Crippen LogP contribution in [0, 0.1) is 0 Å². The molecule has 0 aromatic heterocycles. The van der Waals surface area contributed by atoms with Crippen LogP contribution in [0.2, 0.25) is 0 Å². The molecule has 1 aromatic carbocycles. The number of amides is 2. The summed E-state index contributed by atoms with van der Waals surface area (Å²) in [4.78, 5) is 40.1. The maximum absolute atomic E-state index is 13.1. The number of ether oxygens (including phenoxy) is 1. The van der Waals surface area contributed by atoms with Gasteiger partial charge in [-0.15, -0.1) is 0 Å². The van der Waals surface area contributed by atoms with Gasteiger partial charge in [-0.25, -0.2) is 9.59 Å².